The number of halogens is 1. The predicted molar refractivity (Wildman–Crippen MR) is 74.5 cm³/mol. The zero-order chi connectivity index (χ0) is 13.2. The standard InChI is InChI=1S/C14H14ClN3O/c15-13-7-12-10(8-17-13)1-2-11(18-12)14(19)9-3-5-16-6-4-9/h1-2,7-9,16H,3-6H2. The number of carbonyl (C=O) groups excluding carboxylic acids is 1. The second-order valence-electron chi connectivity index (χ2n) is 4.78. The Morgan fingerprint density at radius 3 is 2.89 bits per heavy atom. The summed E-state index contributed by atoms with van der Waals surface area (Å²) in [7, 11) is 0. The molecule has 1 aliphatic heterocycles. The van der Waals surface area contributed by atoms with Gasteiger partial charge in [0.1, 0.15) is 10.8 Å². The van der Waals surface area contributed by atoms with Crippen molar-refractivity contribution in [2.24, 2.45) is 5.92 Å². The van der Waals surface area contributed by atoms with Crippen LogP contribution < -0.4 is 5.32 Å². The first kappa shape index (κ1) is 12.5. The highest BCUT2D eigenvalue weighted by Gasteiger charge is 2.23. The van der Waals surface area contributed by atoms with Gasteiger partial charge in [0.2, 0.25) is 0 Å². The number of rotatable bonds is 2. The average molecular weight is 276 g/mol. The third kappa shape index (κ3) is 2.60. The minimum atomic E-state index is 0.0866. The third-order valence-corrected chi connectivity index (χ3v) is 3.71. The van der Waals surface area contributed by atoms with E-state index in [0.717, 1.165) is 36.8 Å². The second-order valence-corrected chi connectivity index (χ2v) is 5.17. The van der Waals surface area contributed by atoms with Crippen LogP contribution in [0.3, 0.4) is 0 Å². The number of nitrogens with zero attached hydrogens (tertiary/aromatic N) is 2. The van der Waals surface area contributed by atoms with E-state index in [1.165, 1.54) is 0 Å². The van der Waals surface area contributed by atoms with Gasteiger partial charge in [0.25, 0.3) is 0 Å². The summed E-state index contributed by atoms with van der Waals surface area (Å²) in [4.78, 5) is 20.8. The molecule has 2 aromatic rings. The van der Waals surface area contributed by atoms with Crippen molar-refractivity contribution in [3.8, 4) is 0 Å². The van der Waals surface area contributed by atoms with E-state index in [0.29, 0.717) is 10.8 Å². The number of ketones is 1. The van der Waals surface area contributed by atoms with Gasteiger partial charge in [-0.25, -0.2) is 9.97 Å². The van der Waals surface area contributed by atoms with Crippen LogP contribution in [0.5, 0.6) is 0 Å². The van der Waals surface area contributed by atoms with Gasteiger partial charge in [-0.3, -0.25) is 4.79 Å². The van der Waals surface area contributed by atoms with Crippen LogP contribution in [0.15, 0.2) is 24.4 Å². The Balaban J connectivity index is 1.93. The Labute approximate surface area is 116 Å². The number of fused-ring (bicyclic) bond motifs is 1. The van der Waals surface area contributed by atoms with Gasteiger partial charge in [-0.2, -0.15) is 0 Å². The van der Waals surface area contributed by atoms with Crippen molar-refractivity contribution < 1.29 is 4.79 Å². The van der Waals surface area contributed by atoms with E-state index in [4.69, 9.17) is 11.6 Å². The highest BCUT2D eigenvalue weighted by Crippen LogP contribution is 2.20. The number of hydrogen-bond acceptors (Lipinski definition) is 4. The lowest BCUT2D eigenvalue weighted by molar-refractivity contribution is 0.0890. The molecule has 1 saturated heterocycles. The molecular weight excluding hydrogens is 262 g/mol. The molecule has 4 nitrogen and oxygen atoms in total. The van der Waals surface area contributed by atoms with Gasteiger partial charge < -0.3 is 5.32 Å². The zero-order valence-corrected chi connectivity index (χ0v) is 11.2. The number of nitrogens with one attached hydrogen (secondary N) is 1. The van der Waals surface area contributed by atoms with Crippen LogP contribution in [0, 0.1) is 5.92 Å². The van der Waals surface area contributed by atoms with Crippen LogP contribution in [-0.2, 0) is 0 Å². The highest BCUT2D eigenvalue weighted by molar-refractivity contribution is 6.30. The molecule has 98 valence electrons. The first-order valence-electron chi connectivity index (χ1n) is 6.41. The molecule has 0 amide bonds. The van der Waals surface area contributed by atoms with Gasteiger partial charge in [-0.1, -0.05) is 11.6 Å². The van der Waals surface area contributed by atoms with E-state index in [-0.39, 0.29) is 11.7 Å². The molecule has 0 aliphatic carbocycles. The van der Waals surface area contributed by atoms with Crippen molar-refractivity contribution in [1.82, 2.24) is 15.3 Å². The van der Waals surface area contributed by atoms with Gasteiger partial charge in [0.15, 0.2) is 5.78 Å². The van der Waals surface area contributed by atoms with Crippen molar-refractivity contribution >= 4 is 28.3 Å². The smallest absolute Gasteiger partial charge is 0.184 e. The predicted octanol–water partition coefficient (Wildman–Crippen LogP) is 2.47. The fourth-order valence-electron chi connectivity index (χ4n) is 2.42. The fourth-order valence-corrected chi connectivity index (χ4v) is 2.57. The Hall–Kier alpha value is -1.52. The van der Waals surface area contributed by atoms with Gasteiger partial charge >= 0.3 is 0 Å². The summed E-state index contributed by atoms with van der Waals surface area (Å²) in [5.41, 5.74) is 1.25. The molecule has 1 aliphatic rings. The summed E-state index contributed by atoms with van der Waals surface area (Å²) in [6.45, 7) is 1.81. The number of Topliss-reactive ketones (excluding diaryl/α,β-unsaturated/α-hetero) is 1. The Morgan fingerprint density at radius 2 is 2.11 bits per heavy atom. The lowest BCUT2D eigenvalue weighted by atomic mass is 9.91. The van der Waals surface area contributed by atoms with Crippen molar-refractivity contribution in [3.63, 3.8) is 0 Å². The molecule has 0 unspecified atom stereocenters. The molecule has 19 heavy (non-hydrogen) atoms. The second kappa shape index (κ2) is 5.23. The van der Waals surface area contributed by atoms with E-state index < -0.39 is 0 Å². The Bertz CT molecular complexity index is 623. The van der Waals surface area contributed by atoms with Gasteiger partial charge in [-0.15, -0.1) is 0 Å². The number of carbonyl (C=O) groups is 1. The van der Waals surface area contributed by atoms with E-state index in [1.54, 1.807) is 18.3 Å². The summed E-state index contributed by atoms with van der Waals surface area (Å²) in [6, 6.07) is 5.35. The van der Waals surface area contributed by atoms with E-state index in [2.05, 4.69) is 15.3 Å². The average Bonchev–Trinajstić information content (AvgIpc) is 2.46. The van der Waals surface area contributed by atoms with Crippen LogP contribution in [0.2, 0.25) is 5.15 Å². The van der Waals surface area contributed by atoms with Gasteiger partial charge in [0, 0.05) is 23.6 Å². The molecule has 0 spiro atoms. The molecule has 3 heterocycles. The van der Waals surface area contributed by atoms with E-state index in [9.17, 15) is 4.79 Å². The molecule has 0 saturated carbocycles. The van der Waals surface area contributed by atoms with Crippen molar-refractivity contribution in [2.45, 2.75) is 12.8 Å². The Kier molecular flexibility index (Phi) is 3.44. The van der Waals surface area contributed by atoms with E-state index >= 15 is 0 Å². The van der Waals surface area contributed by atoms with Crippen LogP contribution in [0.4, 0.5) is 0 Å². The molecule has 0 aromatic carbocycles. The summed E-state index contributed by atoms with van der Waals surface area (Å²) in [6.07, 6.45) is 3.44. The molecule has 0 bridgehead atoms. The Morgan fingerprint density at radius 1 is 1.32 bits per heavy atom. The highest BCUT2D eigenvalue weighted by atomic mass is 35.5. The van der Waals surface area contributed by atoms with Crippen molar-refractivity contribution in [2.75, 3.05) is 13.1 Å². The number of hydrogen-bond donors (Lipinski definition) is 1. The maximum absolute atomic E-state index is 12.4. The lowest BCUT2D eigenvalue weighted by Crippen LogP contribution is -2.32. The topological polar surface area (TPSA) is 54.9 Å². The van der Waals surface area contributed by atoms with Crippen LogP contribution in [0.25, 0.3) is 10.9 Å². The van der Waals surface area contributed by atoms with Crippen LogP contribution in [-0.4, -0.2) is 28.8 Å². The monoisotopic (exact) mass is 275 g/mol. The fraction of sp³-hybridized carbons (Fsp3) is 0.357. The van der Waals surface area contributed by atoms with Gasteiger partial charge in [-0.05, 0) is 38.1 Å². The molecule has 2 aromatic heterocycles. The molecule has 1 N–H and O–H groups in total. The number of piperidine rings is 1. The minimum Gasteiger partial charge on any atom is -0.317 e. The van der Waals surface area contributed by atoms with Crippen LogP contribution >= 0.6 is 11.6 Å². The largest absolute Gasteiger partial charge is 0.317 e. The maximum atomic E-state index is 12.4. The molecule has 0 atom stereocenters. The van der Waals surface area contributed by atoms with Crippen molar-refractivity contribution in [3.05, 3.63) is 35.2 Å². The third-order valence-electron chi connectivity index (χ3n) is 3.50. The molecular formula is C14H14ClN3O. The summed E-state index contributed by atoms with van der Waals surface area (Å²) < 4.78 is 0. The van der Waals surface area contributed by atoms with Gasteiger partial charge in [0.05, 0.1) is 5.52 Å². The molecule has 5 heteroatoms. The van der Waals surface area contributed by atoms with Crippen LogP contribution in [0.1, 0.15) is 23.3 Å². The lowest BCUT2D eigenvalue weighted by Gasteiger charge is -2.21. The minimum absolute atomic E-state index is 0.0866. The summed E-state index contributed by atoms with van der Waals surface area (Å²) in [5.74, 6) is 0.222. The molecule has 3 rings (SSSR count). The summed E-state index contributed by atoms with van der Waals surface area (Å²) in [5, 5.41) is 4.55. The zero-order valence-electron chi connectivity index (χ0n) is 10.4. The first-order chi connectivity index (χ1) is 9.24. The van der Waals surface area contributed by atoms with Crippen molar-refractivity contribution in [1.29, 1.82) is 0 Å². The number of pyridine rings is 2. The number of aromatic nitrogens is 2. The normalized spacial score (nSPS) is 16.7. The summed E-state index contributed by atoms with van der Waals surface area (Å²) >= 11 is 5.85. The maximum Gasteiger partial charge on any atom is 0.184 e. The molecule has 0 radical (unpaired) electrons. The van der Waals surface area contributed by atoms with E-state index in [1.807, 2.05) is 6.07 Å². The quantitative estimate of drug-likeness (QED) is 0.676. The molecule has 1 fully saturated rings. The SMILES string of the molecule is O=C(c1ccc2cnc(Cl)cc2n1)C1CCNCC1. The first-order valence-corrected chi connectivity index (χ1v) is 6.79.